The number of hydrogen-bond donors (Lipinski definition) is 1. The van der Waals surface area contributed by atoms with Gasteiger partial charge in [-0.3, -0.25) is 24.3 Å². The maximum absolute atomic E-state index is 13.3. The zero-order chi connectivity index (χ0) is 24.7. The third-order valence-corrected chi connectivity index (χ3v) is 6.88. The second-order valence-electron chi connectivity index (χ2n) is 7.70. The second-order valence-corrected chi connectivity index (χ2v) is 9.12. The van der Waals surface area contributed by atoms with E-state index in [0.29, 0.717) is 32.7 Å². The van der Waals surface area contributed by atoms with Crippen molar-refractivity contribution in [3.05, 3.63) is 74.2 Å². The van der Waals surface area contributed by atoms with Crippen molar-refractivity contribution in [3.8, 4) is 11.4 Å². The van der Waals surface area contributed by atoms with E-state index in [0.717, 1.165) is 5.69 Å². The van der Waals surface area contributed by atoms with E-state index in [-0.39, 0.29) is 29.3 Å². The molecule has 11 nitrogen and oxygen atoms in total. The van der Waals surface area contributed by atoms with Crippen LogP contribution in [0.15, 0.2) is 58.6 Å². The number of methoxy groups -OCH3 is 1. The lowest BCUT2D eigenvalue weighted by Crippen LogP contribution is -2.27. The SMILES string of the molecule is COc1cc([N+](=O)[O-])ccc1NC(=O)CC1CSc2nc3c(cnn3-c3ccc(Cl)cc3)c(=O)n21. The van der Waals surface area contributed by atoms with Gasteiger partial charge >= 0.3 is 0 Å². The average molecular weight is 513 g/mol. The maximum Gasteiger partial charge on any atom is 0.273 e. The van der Waals surface area contributed by atoms with E-state index < -0.39 is 11.0 Å². The molecule has 35 heavy (non-hydrogen) atoms. The number of nitro benzene ring substituents is 1. The molecule has 1 atom stereocenters. The minimum absolute atomic E-state index is 0.0125. The molecule has 4 aromatic rings. The van der Waals surface area contributed by atoms with Crippen molar-refractivity contribution < 1.29 is 14.5 Å². The molecule has 0 saturated carbocycles. The zero-order valence-electron chi connectivity index (χ0n) is 18.2. The van der Waals surface area contributed by atoms with Crippen molar-refractivity contribution in [2.75, 3.05) is 18.2 Å². The van der Waals surface area contributed by atoms with Crippen LogP contribution in [0.2, 0.25) is 5.02 Å². The average Bonchev–Trinajstić information content (AvgIpc) is 3.44. The molecule has 1 N–H and O–H groups in total. The Morgan fingerprint density at radius 3 is 2.80 bits per heavy atom. The van der Waals surface area contributed by atoms with Gasteiger partial charge in [-0.25, -0.2) is 9.67 Å². The summed E-state index contributed by atoms with van der Waals surface area (Å²) in [5, 5.41) is 19.4. The standard InChI is InChI=1S/C22H17ClN6O5S/c1-34-18-8-14(29(32)33)6-7-17(18)25-19(30)9-15-11-35-22-26-20-16(21(31)27(15)22)10-24-28(20)13-4-2-12(23)3-5-13/h2-8,10,15H,9,11H2,1H3,(H,25,30). The summed E-state index contributed by atoms with van der Waals surface area (Å²) in [5.74, 6) is 0.303. The van der Waals surface area contributed by atoms with Crippen molar-refractivity contribution >= 4 is 51.7 Å². The van der Waals surface area contributed by atoms with E-state index >= 15 is 0 Å². The second kappa shape index (κ2) is 9.04. The number of aromatic nitrogens is 4. The highest BCUT2D eigenvalue weighted by molar-refractivity contribution is 7.99. The Labute approximate surface area is 206 Å². The van der Waals surface area contributed by atoms with Crippen LogP contribution < -0.4 is 15.6 Å². The van der Waals surface area contributed by atoms with E-state index in [2.05, 4.69) is 15.4 Å². The Hall–Kier alpha value is -3.90. The summed E-state index contributed by atoms with van der Waals surface area (Å²) in [5.41, 5.74) is 1.02. The van der Waals surface area contributed by atoms with Crippen molar-refractivity contribution in [1.82, 2.24) is 19.3 Å². The number of carbonyl (C=O) groups is 1. The quantitative estimate of drug-likeness (QED) is 0.234. The van der Waals surface area contributed by atoms with E-state index in [1.165, 1.54) is 47.8 Å². The van der Waals surface area contributed by atoms with Crippen LogP contribution in [0.25, 0.3) is 16.7 Å². The van der Waals surface area contributed by atoms with Crippen LogP contribution in [0.4, 0.5) is 11.4 Å². The van der Waals surface area contributed by atoms with E-state index in [9.17, 15) is 19.7 Å². The maximum atomic E-state index is 13.3. The highest BCUT2D eigenvalue weighted by Crippen LogP contribution is 2.34. The molecule has 1 aliphatic heterocycles. The van der Waals surface area contributed by atoms with Gasteiger partial charge in [0.25, 0.3) is 11.2 Å². The Balaban J connectivity index is 1.40. The third kappa shape index (κ3) is 4.21. The molecule has 13 heteroatoms. The van der Waals surface area contributed by atoms with Crippen molar-refractivity contribution in [2.45, 2.75) is 17.6 Å². The Morgan fingerprint density at radius 2 is 2.09 bits per heavy atom. The fourth-order valence-electron chi connectivity index (χ4n) is 3.86. The predicted octanol–water partition coefficient (Wildman–Crippen LogP) is 3.83. The fraction of sp³-hybridized carbons (Fsp3) is 0.182. The number of benzene rings is 2. The Kier molecular flexibility index (Phi) is 5.91. The van der Waals surface area contributed by atoms with Crippen LogP contribution in [0.1, 0.15) is 12.5 Å². The van der Waals surface area contributed by atoms with Crippen LogP contribution in [-0.2, 0) is 4.79 Å². The molecule has 0 spiro atoms. The van der Waals surface area contributed by atoms with Gasteiger partial charge < -0.3 is 10.1 Å². The molecule has 0 bridgehead atoms. The molecule has 3 heterocycles. The van der Waals surface area contributed by atoms with E-state index in [1.807, 2.05) is 0 Å². The summed E-state index contributed by atoms with van der Waals surface area (Å²) >= 11 is 7.36. The number of fused-ring (bicyclic) bond motifs is 2. The predicted molar refractivity (Wildman–Crippen MR) is 131 cm³/mol. The molecule has 178 valence electrons. The number of ether oxygens (including phenoxy) is 1. The van der Waals surface area contributed by atoms with Crippen LogP contribution in [0.5, 0.6) is 5.75 Å². The molecule has 2 aromatic carbocycles. The zero-order valence-corrected chi connectivity index (χ0v) is 19.7. The highest BCUT2D eigenvalue weighted by atomic mass is 35.5. The van der Waals surface area contributed by atoms with Crippen molar-refractivity contribution in [3.63, 3.8) is 0 Å². The van der Waals surface area contributed by atoms with Gasteiger partial charge in [0.15, 0.2) is 10.8 Å². The Morgan fingerprint density at radius 1 is 1.31 bits per heavy atom. The first-order valence-corrected chi connectivity index (χ1v) is 11.7. The number of amides is 1. The summed E-state index contributed by atoms with van der Waals surface area (Å²) in [4.78, 5) is 41.2. The highest BCUT2D eigenvalue weighted by Gasteiger charge is 2.30. The van der Waals surface area contributed by atoms with Crippen LogP contribution in [0, 0.1) is 10.1 Å². The lowest BCUT2D eigenvalue weighted by molar-refractivity contribution is -0.384. The molecule has 5 rings (SSSR count). The van der Waals surface area contributed by atoms with Crippen LogP contribution >= 0.6 is 23.4 Å². The number of thioether (sulfide) groups is 1. The summed E-state index contributed by atoms with van der Waals surface area (Å²) < 4.78 is 8.27. The lowest BCUT2D eigenvalue weighted by Gasteiger charge is -2.14. The van der Waals surface area contributed by atoms with Gasteiger partial charge in [-0.2, -0.15) is 5.10 Å². The monoisotopic (exact) mass is 512 g/mol. The van der Waals surface area contributed by atoms with Gasteiger partial charge in [0.05, 0.1) is 41.7 Å². The molecule has 1 aliphatic rings. The van der Waals surface area contributed by atoms with Gasteiger partial charge in [0, 0.05) is 23.3 Å². The van der Waals surface area contributed by atoms with Crippen LogP contribution in [-0.4, -0.2) is 43.0 Å². The van der Waals surface area contributed by atoms with Gasteiger partial charge in [-0.1, -0.05) is 23.4 Å². The minimum Gasteiger partial charge on any atom is -0.494 e. The third-order valence-electron chi connectivity index (χ3n) is 5.53. The number of carbonyl (C=O) groups excluding carboxylic acids is 1. The van der Waals surface area contributed by atoms with Gasteiger partial charge in [0.2, 0.25) is 5.91 Å². The van der Waals surface area contributed by atoms with Crippen molar-refractivity contribution in [1.29, 1.82) is 0 Å². The number of nitrogens with zero attached hydrogens (tertiary/aromatic N) is 5. The van der Waals surface area contributed by atoms with Gasteiger partial charge in [-0.15, -0.1) is 0 Å². The number of anilines is 1. The molecule has 1 unspecified atom stereocenters. The number of halogens is 1. The molecule has 0 saturated heterocycles. The van der Waals surface area contributed by atoms with E-state index in [1.54, 1.807) is 28.9 Å². The topological polar surface area (TPSA) is 134 Å². The molecule has 0 aliphatic carbocycles. The first-order chi connectivity index (χ1) is 16.9. The number of hydrogen-bond acceptors (Lipinski definition) is 8. The summed E-state index contributed by atoms with van der Waals surface area (Å²) in [7, 11) is 1.36. The van der Waals surface area contributed by atoms with Crippen LogP contribution in [0.3, 0.4) is 0 Å². The molecule has 1 amide bonds. The number of nitro groups is 1. The Bertz CT molecular complexity index is 1530. The van der Waals surface area contributed by atoms with Gasteiger partial charge in [-0.05, 0) is 30.3 Å². The molecular formula is C22H17ClN6O5S. The lowest BCUT2D eigenvalue weighted by atomic mass is 10.2. The summed E-state index contributed by atoms with van der Waals surface area (Å²) in [6.45, 7) is 0. The molecule has 2 aromatic heterocycles. The number of nitrogens with one attached hydrogen (secondary N) is 1. The van der Waals surface area contributed by atoms with Crippen molar-refractivity contribution in [2.24, 2.45) is 0 Å². The summed E-state index contributed by atoms with van der Waals surface area (Å²) in [6, 6.07) is 10.5. The first kappa shape index (κ1) is 22.9. The van der Waals surface area contributed by atoms with Gasteiger partial charge in [0.1, 0.15) is 11.1 Å². The molecule has 0 radical (unpaired) electrons. The largest absolute Gasteiger partial charge is 0.494 e. The molecule has 0 fully saturated rings. The summed E-state index contributed by atoms with van der Waals surface area (Å²) in [6.07, 6.45) is 1.48. The first-order valence-electron chi connectivity index (χ1n) is 10.4. The number of rotatable bonds is 6. The molecular weight excluding hydrogens is 496 g/mol. The smallest absolute Gasteiger partial charge is 0.273 e. The fourth-order valence-corrected chi connectivity index (χ4v) is 5.12. The minimum atomic E-state index is -0.546. The number of non-ortho nitro benzene ring substituents is 1. The van der Waals surface area contributed by atoms with E-state index in [4.69, 9.17) is 16.3 Å². The normalized spacial score (nSPS) is 14.6.